The Kier molecular flexibility index (Phi) is 2.66. The van der Waals surface area contributed by atoms with E-state index in [1.165, 1.54) is 19.3 Å². The van der Waals surface area contributed by atoms with Crippen molar-refractivity contribution in [2.45, 2.75) is 38.5 Å². The molecule has 0 saturated heterocycles. The number of aryl methyl sites for hydroxylation is 1. The third-order valence-electron chi connectivity index (χ3n) is 2.75. The third-order valence-corrected chi connectivity index (χ3v) is 2.75. The topological polar surface area (TPSA) is 63.1 Å². The molecule has 1 heterocycles. The Morgan fingerprint density at radius 1 is 1.53 bits per heavy atom. The fraction of sp³-hybridized carbons (Fsp3) is 0.545. The molecule has 1 saturated carbocycles. The van der Waals surface area contributed by atoms with Crippen LogP contribution in [0.2, 0.25) is 0 Å². The molecular weight excluding hydrogens is 192 g/mol. The largest absolute Gasteiger partial charge is 0.481 e. The quantitative estimate of drug-likeness (QED) is 0.817. The van der Waals surface area contributed by atoms with Gasteiger partial charge < -0.3 is 5.11 Å². The predicted molar refractivity (Wildman–Crippen MR) is 54.7 cm³/mol. The average molecular weight is 206 g/mol. The van der Waals surface area contributed by atoms with Gasteiger partial charge in [0.05, 0.1) is 0 Å². The molecule has 0 atom stereocenters. The molecule has 80 valence electrons. The standard InChI is InChI=1S/C11H14N2O2/c1-7-5-9(8-3-2-4-8)13-10(12-7)6-11(14)15/h5,8H,2-4,6H2,1H3,(H,14,15). The van der Waals surface area contributed by atoms with Crippen molar-refractivity contribution < 1.29 is 9.90 Å². The molecule has 0 aromatic carbocycles. The summed E-state index contributed by atoms with van der Waals surface area (Å²) in [5.41, 5.74) is 1.88. The lowest BCUT2D eigenvalue weighted by Gasteiger charge is -2.25. The van der Waals surface area contributed by atoms with Gasteiger partial charge >= 0.3 is 5.97 Å². The first-order valence-electron chi connectivity index (χ1n) is 5.21. The second-order valence-corrected chi connectivity index (χ2v) is 4.05. The molecule has 15 heavy (non-hydrogen) atoms. The number of carboxylic acids is 1. The summed E-state index contributed by atoms with van der Waals surface area (Å²) in [6.07, 6.45) is 3.51. The molecule has 1 aliphatic rings. The number of carbonyl (C=O) groups is 1. The number of carboxylic acid groups (broad SMARTS) is 1. The van der Waals surface area contributed by atoms with E-state index in [9.17, 15) is 4.79 Å². The zero-order valence-corrected chi connectivity index (χ0v) is 8.73. The normalized spacial score (nSPS) is 16.1. The van der Waals surface area contributed by atoms with Gasteiger partial charge in [0.15, 0.2) is 0 Å². The number of nitrogens with zero attached hydrogens (tertiary/aromatic N) is 2. The Labute approximate surface area is 88.4 Å². The molecule has 0 aliphatic heterocycles. The van der Waals surface area contributed by atoms with Gasteiger partial charge in [0, 0.05) is 17.3 Å². The van der Waals surface area contributed by atoms with E-state index >= 15 is 0 Å². The van der Waals surface area contributed by atoms with E-state index in [1.54, 1.807) is 0 Å². The Morgan fingerprint density at radius 3 is 2.80 bits per heavy atom. The van der Waals surface area contributed by atoms with Crippen LogP contribution >= 0.6 is 0 Å². The molecule has 0 radical (unpaired) electrons. The van der Waals surface area contributed by atoms with Gasteiger partial charge in [-0.05, 0) is 25.8 Å². The fourth-order valence-electron chi connectivity index (χ4n) is 1.78. The molecule has 1 N–H and O–H groups in total. The van der Waals surface area contributed by atoms with E-state index in [-0.39, 0.29) is 6.42 Å². The highest BCUT2D eigenvalue weighted by Gasteiger charge is 2.21. The highest BCUT2D eigenvalue weighted by Crippen LogP contribution is 2.35. The second-order valence-electron chi connectivity index (χ2n) is 4.05. The zero-order chi connectivity index (χ0) is 10.8. The zero-order valence-electron chi connectivity index (χ0n) is 8.73. The van der Waals surface area contributed by atoms with E-state index in [0.29, 0.717) is 11.7 Å². The lowest BCUT2D eigenvalue weighted by atomic mass is 9.82. The number of rotatable bonds is 3. The first-order chi connectivity index (χ1) is 7.15. The van der Waals surface area contributed by atoms with Crippen LogP contribution < -0.4 is 0 Å². The number of hydrogen-bond donors (Lipinski definition) is 1. The summed E-state index contributed by atoms with van der Waals surface area (Å²) < 4.78 is 0. The van der Waals surface area contributed by atoms with Crippen molar-refractivity contribution in [3.05, 3.63) is 23.3 Å². The van der Waals surface area contributed by atoms with Crippen LogP contribution in [0.3, 0.4) is 0 Å². The van der Waals surface area contributed by atoms with Gasteiger partial charge in [-0.3, -0.25) is 4.79 Å². The van der Waals surface area contributed by atoms with E-state index in [4.69, 9.17) is 5.11 Å². The summed E-state index contributed by atoms with van der Waals surface area (Å²) in [5, 5.41) is 8.68. The van der Waals surface area contributed by atoms with Crippen molar-refractivity contribution in [1.82, 2.24) is 9.97 Å². The van der Waals surface area contributed by atoms with Crippen LogP contribution in [-0.2, 0) is 11.2 Å². The minimum Gasteiger partial charge on any atom is -0.481 e. The second kappa shape index (κ2) is 3.96. The van der Waals surface area contributed by atoms with Gasteiger partial charge in [-0.15, -0.1) is 0 Å². The molecular formula is C11H14N2O2. The SMILES string of the molecule is Cc1cc(C2CCC2)nc(CC(=O)O)n1. The molecule has 4 nitrogen and oxygen atoms in total. The molecule has 2 rings (SSSR count). The molecule has 1 aromatic heterocycles. The van der Waals surface area contributed by atoms with Crippen LogP contribution in [0.1, 0.15) is 42.4 Å². The highest BCUT2D eigenvalue weighted by atomic mass is 16.4. The first kappa shape index (κ1) is 10.1. The Hall–Kier alpha value is -1.45. The van der Waals surface area contributed by atoms with Crippen LogP contribution in [0.5, 0.6) is 0 Å². The van der Waals surface area contributed by atoms with Crippen molar-refractivity contribution in [1.29, 1.82) is 0 Å². The Bertz CT molecular complexity index is 386. The minimum atomic E-state index is -0.875. The summed E-state index contributed by atoms with van der Waals surface area (Å²) >= 11 is 0. The highest BCUT2D eigenvalue weighted by molar-refractivity contribution is 5.68. The summed E-state index contributed by atoms with van der Waals surface area (Å²) in [6.45, 7) is 1.88. The summed E-state index contributed by atoms with van der Waals surface area (Å²) in [4.78, 5) is 19.0. The average Bonchev–Trinajstić information content (AvgIpc) is 1.96. The summed E-state index contributed by atoms with van der Waals surface area (Å²) in [7, 11) is 0. The fourth-order valence-corrected chi connectivity index (χ4v) is 1.78. The van der Waals surface area contributed by atoms with Crippen molar-refractivity contribution in [2.24, 2.45) is 0 Å². The van der Waals surface area contributed by atoms with Crippen molar-refractivity contribution in [3.63, 3.8) is 0 Å². The Balaban J connectivity index is 2.23. The molecule has 0 unspecified atom stereocenters. The lowest BCUT2D eigenvalue weighted by Crippen LogP contribution is -2.14. The summed E-state index contributed by atoms with van der Waals surface area (Å²) in [5.74, 6) is 0.0869. The van der Waals surface area contributed by atoms with E-state index in [0.717, 1.165) is 11.4 Å². The van der Waals surface area contributed by atoms with Gasteiger partial charge in [0.2, 0.25) is 0 Å². The van der Waals surface area contributed by atoms with Crippen molar-refractivity contribution >= 4 is 5.97 Å². The number of aromatic nitrogens is 2. The molecule has 1 fully saturated rings. The Morgan fingerprint density at radius 2 is 2.27 bits per heavy atom. The van der Waals surface area contributed by atoms with Gasteiger partial charge in [0.1, 0.15) is 12.2 Å². The summed E-state index contributed by atoms with van der Waals surface area (Å²) in [6, 6.07) is 1.97. The number of hydrogen-bond acceptors (Lipinski definition) is 3. The van der Waals surface area contributed by atoms with Gasteiger partial charge in [-0.1, -0.05) is 6.42 Å². The number of aliphatic carboxylic acids is 1. The third kappa shape index (κ3) is 2.32. The molecule has 0 spiro atoms. The van der Waals surface area contributed by atoms with E-state index in [1.807, 2.05) is 13.0 Å². The monoisotopic (exact) mass is 206 g/mol. The maximum atomic E-state index is 10.6. The van der Waals surface area contributed by atoms with Crippen LogP contribution in [0.25, 0.3) is 0 Å². The van der Waals surface area contributed by atoms with E-state index < -0.39 is 5.97 Å². The van der Waals surface area contributed by atoms with Crippen molar-refractivity contribution in [2.75, 3.05) is 0 Å². The van der Waals surface area contributed by atoms with Crippen LogP contribution in [-0.4, -0.2) is 21.0 Å². The lowest BCUT2D eigenvalue weighted by molar-refractivity contribution is -0.136. The maximum absolute atomic E-state index is 10.6. The van der Waals surface area contributed by atoms with Gasteiger partial charge in [-0.2, -0.15) is 0 Å². The van der Waals surface area contributed by atoms with Crippen LogP contribution in [0.15, 0.2) is 6.07 Å². The predicted octanol–water partition coefficient (Wildman–Crippen LogP) is 1.68. The minimum absolute atomic E-state index is 0.0819. The van der Waals surface area contributed by atoms with E-state index in [2.05, 4.69) is 9.97 Å². The molecule has 0 amide bonds. The molecule has 1 aromatic rings. The molecule has 1 aliphatic carbocycles. The van der Waals surface area contributed by atoms with Crippen LogP contribution in [0.4, 0.5) is 0 Å². The maximum Gasteiger partial charge on any atom is 0.311 e. The first-order valence-corrected chi connectivity index (χ1v) is 5.21. The van der Waals surface area contributed by atoms with Crippen molar-refractivity contribution in [3.8, 4) is 0 Å². The molecule has 4 heteroatoms. The van der Waals surface area contributed by atoms with Gasteiger partial charge in [-0.25, -0.2) is 9.97 Å². The van der Waals surface area contributed by atoms with Gasteiger partial charge in [0.25, 0.3) is 0 Å². The smallest absolute Gasteiger partial charge is 0.311 e. The van der Waals surface area contributed by atoms with Crippen LogP contribution in [0, 0.1) is 6.92 Å². The molecule has 0 bridgehead atoms.